The van der Waals surface area contributed by atoms with Gasteiger partial charge in [0.25, 0.3) is 0 Å². The van der Waals surface area contributed by atoms with Gasteiger partial charge in [0.15, 0.2) is 0 Å². The molecule has 2 saturated heterocycles. The maximum Gasteiger partial charge on any atom is 0.0324 e. The lowest BCUT2D eigenvalue weighted by Gasteiger charge is -2.56. The summed E-state index contributed by atoms with van der Waals surface area (Å²) in [7, 11) is 0. The second kappa shape index (κ2) is 1.31. The topological polar surface area (TPSA) is 36.1 Å². The summed E-state index contributed by atoms with van der Waals surface area (Å²) >= 11 is 0. The van der Waals surface area contributed by atoms with E-state index < -0.39 is 0 Å². The summed E-state index contributed by atoms with van der Waals surface area (Å²) in [5.41, 5.74) is 6.49. The van der Waals surface area contributed by atoms with Crippen LogP contribution in [0.5, 0.6) is 0 Å². The molecule has 0 unspecified atom stereocenters. The first kappa shape index (κ1) is 4.66. The highest BCUT2D eigenvalue weighted by Gasteiger charge is 2.57. The Morgan fingerprint density at radius 1 is 1.00 bits per heavy atom. The van der Waals surface area contributed by atoms with Gasteiger partial charge in [-0.1, -0.05) is 0 Å². The molecule has 0 amide bonds. The molecule has 4 atom stereocenters. The van der Waals surface area contributed by atoms with Gasteiger partial charge in [0, 0.05) is 37.0 Å². The van der Waals surface area contributed by atoms with Crippen molar-refractivity contribution < 1.29 is 0 Å². The molecule has 1 saturated carbocycles. The van der Waals surface area contributed by atoms with Crippen molar-refractivity contribution in [3.8, 4) is 0 Å². The highest BCUT2D eigenvalue weighted by atomic mass is 15.4. The molecule has 9 heavy (non-hydrogen) atoms. The summed E-state index contributed by atoms with van der Waals surface area (Å²) in [6, 6.07) is 1.66. The van der Waals surface area contributed by atoms with Gasteiger partial charge in [-0.2, -0.15) is 0 Å². The molecular formula is C6H11N3. The molecule has 3 heteroatoms. The van der Waals surface area contributed by atoms with E-state index in [1.807, 2.05) is 0 Å². The Morgan fingerprint density at radius 3 is 2.56 bits per heavy atom. The molecule has 0 aromatic heterocycles. The van der Waals surface area contributed by atoms with Gasteiger partial charge in [0.2, 0.25) is 0 Å². The fourth-order valence-electron chi connectivity index (χ4n) is 2.37. The summed E-state index contributed by atoms with van der Waals surface area (Å²) < 4.78 is 0. The molecule has 3 aliphatic rings. The van der Waals surface area contributed by atoms with Gasteiger partial charge in [-0.3, -0.25) is 10.9 Å². The molecule has 3 fully saturated rings. The van der Waals surface area contributed by atoms with Crippen LogP contribution < -0.4 is 16.2 Å². The Kier molecular flexibility index (Phi) is 0.678. The third-order valence-electron chi connectivity index (χ3n) is 3.04. The molecular weight excluding hydrogens is 114 g/mol. The number of hydrazine groups is 1. The Labute approximate surface area is 54.2 Å². The van der Waals surface area contributed by atoms with E-state index >= 15 is 0 Å². The number of hydrogen-bond acceptors (Lipinski definition) is 3. The summed E-state index contributed by atoms with van der Waals surface area (Å²) in [5.74, 6) is 1.84. The Morgan fingerprint density at radius 2 is 1.89 bits per heavy atom. The van der Waals surface area contributed by atoms with Crippen molar-refractivity contribution in [1.82, 2.24) is 16.2 Å². The first-order valence-corrected chi connectivity index (χ1v) is 3.68. The summed E-state index contributed by atoms with van der Waals surface area (Å²) in [4.78, 5) is 0. The SMILES string of the molecule is C1NN[C@@H]2[C@@H]1[C@H]1NC[C@@H]12. The average Bonchev–Trinajstić information content (AvgIpc) is 2.13. The van der Waals surface area contributed by atoms with Gasteiger partial charge in [0.1, 0.15) is 0 Å². The van der Waals surface area contributed by atoms with E-state index in [4.69, 9.17) is 0 Å². The number of nitrogens with one attached hydrogen (secondary N) is 3. The third-order valence-corrected chi connectivity index (χ3v) is 3.04. The fraction of sp³-hybridized carbons (Fsp3) is 1.00. The van der Waals surface area contributed by atoms with E-state index in [9.17, 15) is 0 Å². The largest absolute Gasteiger partial charge is 0.313 e. The average molecular weight is 125 g/mol. The molecule has 2 aliphatic heterocycles. The lowest BCUT2D eigenvalue weighted by Crippen LogP contribution is -2.74. The number of hydrogen-bond donors (Lipinski definition) is 3. The van der Waals surface area contributed by atoms with Crippen molar-refractivity contribution in [2.75, 3.05) is 13.1 Å². The van der Waals surface area contributed by atoms with Crippen molar-refractivity contribution in [1.29, 1.82) is 0 Å². The van der Waals surface area contributed by atoms with Crippen LogP contribution in [0.1, 0.15) is 0 Å². The smallest absolute Gasteiger partial charge is 0.0324 e. The van der Waals surface area contributed by atoms with Crippen molar-refractivity contribution in [2.45, 2.75) is 12.1 Å². The van der Waals surface area contributed by atoms with Gasteiger partial charge in [-0.25, -0.2) is 0 Å². The van der Waals surface area contributed by atoms with Gasteiger partial charge in [0.05, 0.1) is 0 Å². The van der Waals surface area contributed by atoms with Crippen LogP contribution in [0.4, 0.5) is 0 Å². The summed E-state index contributed by atoms with van der Waals surface area (Å²) in [6.07, 6.45) is 0. The molecule has 3 N–H and O–H groups in total. The predicted molar refractivity (Wildman–Crippen MR) is 33.7 cm³/mol. The molecule has 0 spiro atoms. The van der Waals surface area contributed by atoms with Crippen molar-refractivity contribution >= 4 is 0 Å². The highest BCUT2D eigenvalue weighted by molar-refractivity contribution is 5.15. The van der Waals surface area contributed by atoms with E-state index in [1.54, 1.807) is 0 Å². The molecule has 50 valence electrons. The van der Waals surface area contributed by atoms with Crippen molar-refractivity contribution in [3.63, 3.8) is 0 Å². The monoisotopic (exact) mass is 125 g/mol. The molecule has 3 rings (SSSR count). The molecule has 0 bridgehead atoms. The fourth-order valence-corrected chi connectivity index (χ4v) is 2.37. The second-order valence-corrected chi connectivity index (χ2v) is 3.31. The Hall–Kier alpha value is -0.120. The van der Waals surface area contributed by atoms with E-state index in [-0.39, 0.29) is 0 Å². The second-order valence-electron chi connectivity index (χ2n) is 3.31. The number of rotatable bonds is 0. The Balaban J connectivity index is 1.85. The highest BCUT2D eigenvalue weighted by Crippen LogP contribution is 2.41. The summed E-state index contributed by atoms with van der Waals surface area (Å²) in [6.45, 7) is 2.40. The minimum Gasteiger partial charge on any atom is -0.313 e. The zero-order valence-electron chi connectivity index (χ0n) is 5.22. The lowest BCUT2D eigenvalue weighted by molar-refractivity contribution is 0.0129. The lowest BCUT2D eigenvalue weighted by atomic mass is 9.61. The van der Waals surface area contributed by atoms with Crippen LogP contribution in [0.3, 0.4) is 0 Å². The Bertz CT molecular complexity index is 131. The van der Waals surface area contributed by atoms with E-state index in [0.717, 1.165) is 23.9 Å². The number of fused-ring (bicyclic) bond motifs is 4. The van der Waals surface area contributed by atoms with Crippen LogP contribution in [-0.2, 0) is 0 Å². The van der Waals surface area contributed by atoms with Gasteiger partial charge < -0.3 is 5.32 Å². The summed E-state index contributed by atoms with van der Waals surface area (Å²) in [5, 5.41) is 3.44. The van der Waals surface area contributed by atoms with E-state index in [2.05, 4.69) is 16.2 Å². The molecule has 0 aromatic carbocycles. The van der Waals surface area contributed by atoms with E-state index in [0.29, 0.717) is 0 Å². The van der Waals surface area contributed by atoms with Gasteiger partial charge in [-0.05, 0) is 0 Å². The van der Waals surface area contributed by atoms with Crippen molar-refractivity contribution in [3.05, 3.63) is 0 Å². The van der Waals surface area contributed by atoms with Crippen molar-refractivity contribution in [2.24, 2.45) is 11.8 Å². The van der Waals surface area contributed by atoms with E-state index in [1.165, 1.54) is 13.1 Å². The van der Waals surface area contributed by atoms with Gasteiger partial charge >= 0.3 is 0 Å². The zero-order chi connectivity index (χ0) is 5.84. The minimum absolute atomic E-state index is 0.802. The van der Waals surface area contributed by atoms with Crippen LogP contribution >= 0.6 is 0 Å². The first-order chi connectivity index (χ1) is 4.47. The van der Waals surface area contributed by atoms with Crippen LogP contribution in [0, 0.1) is 11.8 Å². The molecule has 2 heterocycles. The maximum absolute atomic E-state index is 3.44. The third kappa shape index (κ3) is 0.377. The number of piperidine rings is 1. The molecule has 0 radical (unpaired) electrons. The van der Waals surface area contributed by atoms with Gasteiger partial charge in [-0.15, -0.1) is 0 Å². The van der Waals surface area contributed by atoms with Crippen LogP contribution in [0.15, 0.2) is 0 Å². The zero-order valence-corrected chi connectivity index (χ0v) is 5.22. The quantitative estimate of drug-likeness (QED) is 0.376. The standard InChI is InChI=1S/C6H11N3/c1-3-5(7-1)4-2-8-9-6(3)4/h3-9H,1-2H2/t3-,4-,5-,6-/m0/s1. The molecule has 1 aliphatic carbocycles. The predicted octanol–water partition coefficient (Wildman–Crippen LogP) is -1.32. The first-order valence-electron chi connectivity index (χ1n) is 3.68. The van der Waals surface area contributed by atoms with Crippen LogP contribution in [0.2, 0.25) is 0 Å². The maximum atomic E-state index is 3.44. The minimum atomic E-state index is 0.802. The molecule has 3 nitrogen and oxygen atoms in total. The van der Waals surface area contributed by atoms with Crippen LogP contribution in [0.25, 0.3) is 0 Å². The van der Waals surface area contributed by atoms with Crippen LogP contribution in [-0.4, -0.2) is 25.2 Å². The normalized spacial score (nSPS) is 61.3. The molecule has 0 aromatic rings.